The maximum Gasteiger partial charge on any atom is 0.225 e. The molecule has 0 aromatic rings. The van der Waals surface area contributed by atoms with E-state index in [0.29, 0.717) is 23.7 Å². The number of hydrogen-bond donors (Lipinski definition) is 2. The number of nitrogens with zero attached hydrogens (tertiary/aromatic N) is 1. The fraction of sp³-hybridized carbons (Fsp3) is 0.933. The second-order valence-electron chi connectivity index (χ2n) is 6.77. The van der Waals surface area contributed by atoms with E-state index < -0.39 is 0 Å². The number of aliphatic hydroxyl groups excluding tert-OH is 1. The molecule has 0 aromatic carbocycles. The summed E-state index contributed by atoms with van der Waals surface area (Å²) in [6.45, 7) is 2.44. The van der Waals surface area contributed by atoms with Crippen LogP contribution in [0, 0.1) is 23.7 Å². The van der Waals surface area contributed by atoms with E-state index in [0.717, 1.165) is 58.2 Å². The van der Waals surface area contributed by atoms with Crippen LogP contribution < -0.4 is 5.73 Å². The van der Waals surface area contributed by atoms with Crippen LogP contribution in [0.1, 0.15) is 38.5 Å². The van der Waals surface area contributed by atoms with Crippen LogP contribution in [-0.4, -0.2) is 41.7 Å². The van der Waals surface area contributed by atoms with Crippen LogP contribution in [0.5, 0.6) is 0 Å². The number of carbonyl (C=O) groups excluding carboxylic acids is 1. The summed E-state index contributed by atoms with van der Waals surface area (Å²) < 4.78 is 0. The number of fused-ring (bicyclic) bond motifs is 1. The van der Waals surface area contributed by atoms with E-state index >= 15 is 0 Å². The van der Waals surface area contributed by atoms with Crippen molar-refractivity contribution >= 4 is 5.91 Å². The number of hydrogen-bond acceptors (Lipinski definition) is 3. The Hall–Kier alpha value is -0.610. The quantitative estimate of drug-likeness (QED) is 0.783. The van der Waals surface area contributed by atoms with Gasteiger partial charge in [0.1, 0.15) is 0 Å². The molecule has 1 heterocycles. The molecule has 4 heteroatoms. The van der Waals surface area contributed by atoms with Crippen molar-refractivity contribution in [2.45, 2.75) is 44.6 Å². The van der Waals surface area contributed by atoms with Crippen LogP contribution in [0.4, 0.5) is 0 Å². The SMILES string of the molecule is NCC1CCC(C(=O)N2CC3CCC(O)C3C2)CC1. The first-order valence-corrected chi connectivity index (χ1v) is 7.86. The first kappa shape index (κ1) is 13.4. The third-order valence-electron chi connectivity index (χ3n) is 5.66. The monoisotopic (exact) mass is 266 g/mol. The van der Waals surface area contributed by atoms with Gasteiger partial charge in [-0.2, -0.15) is 0 Å². The highest BCUT2D eigenvalue weighted by Crippen LogP contribution is 2.39. The molecule has 108 valence electrons. The Morgan fingerprint density at radius 3 is 2.47 bits per heavy atom. The van der Waals surface area contributed by atoms with Crippen LogP contribution in [0.15, 0.2) is 0 Å². The van der Waals surface area contributed by atoms with Gasteiger partial charge in [-0.1, -0.05) is 0 Å². The summed E-state index contributed by atoms with van der Waals surface area (Å²) in [6, 6.07) is 0. The summed E-state index contributed by atoms with van der Waals surface area (Å²) in [5, 5.41) is 9.92. The fourth-order valence-electron chi connectivity index (χ4n) is 4.32. The zero-order chi connectivity index (χ0) is 13.4. The molecule has 3 aliphatic rings. The number of likely N-dealkylation sites (tertiary alicyclic amines) is 1. The topological polar surface area (TPSA) is 66.6 Å². The van der Waals surface area contributed by atoms with Crippen molar-refractivity contribution < 1.29 is 9.90 Å². The average Bonchev–Trinajstić information content (AvgIpc) is 3.01. The van der Waals surface area contributed by atoms with Crippen LogP contribution in [0.25, 0.3) is 0 Å². The Labute approximate surface area is 115 Å². The molecule has 3 fully saturated rings. The first-order valence-electron chi connectivity index (χ1n) is 7.86. The zero-order valence-corrected chi connectivity index (χ0v) is 11.6. The van der Waals surface area contributed by atoms with Crippen LogP contribution in [0.2, 0.25) is 0 Å². The fourth-order valence-corrected chi connectivity index (χ4v) is 4.32. The van der Waals surface area contributed by atoms with Crippen molar-refractivity contribution in [2.24, 2.45) is 29.4 Å². The van der Waals surface area contributed by atoms with Gasteiger partial charge in [-0.05, 0) is 56.9 Å². The standard InChI is InChI=1S/C15H26N2O2/c16-7-10-1-3-11(4-2-10)15(19)17-8-12-5-6-14(18)13(12)9-17/h10-14,18H,1-9,16H2. The van der Waals surface area contributed by atoms with Crippen molar-refractivity contribution in [3.63, 3.8) is 0 Å². The maximum absolute atomic E-state index is 12.5. The highest BCUT2D eigenvalue weighted by Gasteiger charge is 2.44. The summed E-state index contributed by atoms with van der Waals surface area (Å²) in [5.74, 6) is 2.10. The smallest absolute Gasteiger partial charge is 0.225 e. The Kier molecular flexibility index (Phi) is 3.81. The lowest BCUT2D eigenvalue weighted by atomic mass is 9.81. The lowest BCUT2D eigenvalue weighted by Gasteiger charge is -2.30. The van der Waals surface area contributed by atoms with E-state index in [1.807, 2.05) is 4.90 Å². The summed E-state index contributed by atoms with van der Waals surface area (Å²) in [5.41, 5.74) is 5.70. The molecular formula is C15H26N2O2. The highest BCUT2D eigenvalue weighted by atomic mass is 16.3. The number of carbonyl (C=O) groups is 1. The lowest BCUT2D eigenvalue weighted by Crippen LogP contribution is -2.38. The molecule has 2 aliphatic carbocycles. The molecule has 4 nitrogen and oxygen atoms in total. The molecule has 0 spiro atoms. The van der Waals surface area contributed by atoms with Gasteiger partial charge in [0.25, 0.3) is 0 Å². The molecule has 3 N–H and O–H groups in total. The van der Waals surface area contributed by atoms with Gasteiger partial charge in [-0.3, -0.25) is 4.79 Å². The summed E-state index contributed by atoms with van der Waals surface area (Å²) in [7, 11) is 0. The molecule has 2 saturated carbocycles. The first-order chi connectivity index (χ1) is 9.19. The molecule has 3 unspecified atom stereocenters. The summed E-state index contributed by atoms with van der Waals surface area (Å²) in [6.07, 6.45) is 6.08. The molecule has 0 aromatic heterocycles. The Morgan fingerprint density at radius 1 is 1.11 bits per heavy atom. The minimum atomic E-state index is -0.171. The van der Waals surface area contributed by atoms with Gasteiger partial charge in [0.05, 0.1) is 6.10 Å². The molecule has 1 amide bonds. The van der Waals surface area contributed by atoms with E-state index in [9.17, 15) is 9.90 Å². The molecule has 3 atom stereocenters. The molecule has 0 bridgehead atoms. The number of rotatable bonds is 2. The van der Waals surface area contributed by atoms with E-state index in [2.05, 4.69) is 0 Å². The summed E-state index contributed by atoms with van der Waals surface area (Å²) in [4.78, 5) is 14.6. The largest absolute Gasteiger partial charge is 0.393 e. The average molecular weight is 266 g/mol. The van der Waals surface area contributed by atoms with Crippen molar-refractivity contribution in [3.05, 3.63) is 0 Å². The third-order valence-corrected chi connectivity index (χ3v) is 5.66. The number of amides is 1. The summed E-state index contributed by atoms with van der Waals surface area (Å²) >= 11 is 0. The van der Waals surface area contributed by atoms with Gasteiger partial charge in [0, 0.05) is 24.9 Å². The third kappa shape index (κ3) is 2.52. The highest BCUT2D eigenvalue weighted by molar-refractivity contribution is 5.79. The second-order valence-corrected chi connectivity index (χ2v) is 6.77. The van der Waals surface area contributed by atoms with Gasteiger partial charge in [0.2, 0.25) is 5.91 Å². The van der Waals surface area contributed by atoms with E-state index in [1.54, 1.807) is 0 Å². The minimum Gasteiger partial charge on any atom is -0.393 e. The van der Waals surface area contributed by atoms with Crippen LogP contribution in [-0.2, 0) is 4.79 Å². The van der Waals surface area contributed by atoms with E-state index in [1.165, 1.54) is 0 Å². The molecule has 1 saturated heterocycles. The Morgan fingerprint density at radius 2 is 1.84 bits per heavy atom. The van der Waals surface area contributed by atoms with Gasteiger partial charge in [-0.15, -0.1) is 0 Å². The van der Waals surface area contributed by atoms with Crippen molar-refractivity contribution in [3.8, 4) is 0 Å². The Bertz CT molecular complexity index is 339. The predicted octanol–water partition coefficient (Wildman–Crippen LogP) is 0.981. The van der Waals surface area contributed by atoms with Crippen LogP contribution >= 0.6 is 0 Å². The molecular weight excluding hydrogens is 240 g/mol. The molecule has 1 aliphatic heterocycles. The lowest BCUT2D eigenvalue weighted by molar-refractivity contribution is -0.136. The predicted molar refractivity (Wildman–Crippen MR) is 73.3 cm³/mol. The van der Waals surface area contributed by atoms with Gasteiger partial charge in [-0.25, -0.2) is 0 Å². The molecule has 3 rings (SSSR count). The van der Waals surface area contributed by atoms with Crippen molar-refractivity contribution in [1.29, 1.82) is 0 Å². The van der Waals surface area contributed by atoms with Gasteiger partial charge in [0.15, 0.2) is 0 Å². The molecule has 19 heavy (non-hydrogen) atoms. The number of aliphatic hydroxyl groups is 1. The number of nitrogens with two attached hydrogens (primary N) is 1. The van der Waals surface area contributed by atoms with E-state index in [4.69, 9.17) is 5.73 Å². The van der Waals surface area contributed by atoms with Crippen LogP contribution in [0.3, 0.4) is 0 Å². The van der Waals surface area contributed by atoms with Crippen molar-refractivity contribution in [1.82, 2.24) is 4.90 Å². The Balaban J connectivity index is 1.54. The van der Waals surface area contributed by atoms with Gasteiger partial charge < -0.3 is 15.7 Å². The molecule has 0 radical (unpaired) electrons. The van der Waals surface area contributed by atoms with Crippen molar-refractivity contribution in [2.75, 3.05) is 19.6 Å². The normalized spacial score (nSPS) is 42.4. The zero-order valence-electron chi connectivity index (χ0n) is 11.6. The minimum absolute atomic E-state index is 0.171. The second kappa shape index (κ2) is 5.41. The van der Waals surface area contributed by atoms with E-state index in [-0.39, 0.29) is 12.0 Å². The van der Waals surface area contributed by atoms with Gasteiger partial charge >= 0.3 is 0 Å². The maximum atomic E-state index is 12.5.